The molecule has 1 aromatic rings. The van der Waals surface area contributed by atoms with Gasteiger partial charge in [0.15, 0.2) is 0 Å². The molecule has 14 heavy (non-hydrogen) atoms. The molecule has 0 spiro atoms. The molecule has 0 fully saturated rings. The molecule has 0 radical (unpaired) electrons. The molecule has 1 amide bonds. The van der Waals surface area contributed by atoms with Gasteiger partial charge in [0.2, 0.25) is 5.91 Å². The Morgan fingerprint density at radius 1 is 1.29 bits per heavy atom. The highest BCUT2D eigenvalue weighted by Crippen LogP contribution is 2.02. The summed E-state index contributed by atoms with van der Waals surface area (Å²) < 4.78 is 0. The minimum absolute atomic E-state index is 0.487. The van der Waals surface area contributed by atoms with E-state index in [1.54, 1.807) is 12.1 Å². The van der Waals surface area contributed by atoms with Crippen molar-refractivity contribution in [3.05, 3.63) is 36.7 Å². The molecule has 1 rings (SSSR count). The van der Waals surface area contributed by atoms with Crippen LogP contribution in [0.2, 0.25) is 0 Å². The van der Waals surface area contributed by atoms with Gasteiger partial charge in [-0.1, -0.05) is 0 Å². The van der Waals surface area contributed by atoms with E-state index < -0.39 is 11.9 Å². The SMILES string of the molecule is O=C(O)/C=C\C(=O)Nc1ccncc1. The Labute approximate surface area is 80.1 Å². The van der Waals surface area contributed by atoms with Gasteiger partial charge < -0.3 is 10.4 Å². The number of aliphatic carboxylic acids is 1. The topological polar surface area (TPSA) is 79.3 Å². The van der Waals surface area contributed by atoms with E-state index >= 15 is 0 Å². The number of amides is 1. The summed E-state index contributed by atoms with van der Waals surface area (Å²) in [6.07, 6.45) is 4.77. The lowest BCUT2D eigenvalue weighted by Crippen LogP contribution is -2.08. The molecule has 2 N–H and O–H groups in total. The first kappa shape index (κ1) is 9.91. The average Bonchev–Trinajstić information content (AvgIpc) is 2.16. The predicted molar refractivity (Wildman–Crippen MR) is 49.6 cm³/mol. The van der Waals surface area contributed by atoms with Crippen LogP contribution in [-0.4, -0.2) is 22.0 Å². The first-order chi connectivity index (χ1) is 6.68. The monoisotopic (exact) mass is 192 g/mol. The maximum absolute atomic E-state index is 11.0. The van der Waals surface area contributed by atoms with Crippen molar-refractivity contribution in [1.29, 1.82) is 0 Å². The first-order valence-electron chi connectivity index (χ1n) is 3.80. The summed E-state index contributed by atoms with van der Waals surface area (Å²) >= 11 is 0. The quantitative estimate of drug-likeness (QED) is 0.689. The van der Waals surface area contributed by atoms with Crippen LogP contribution in [0.4, 0.5) is 5.69 Å². The molecule has 0 atom stereocenters. The number of rotatable bonds is 3. The molecule has 0 aromatic carbocycles. The van der Waals surface area contributed by atoms with Crippen LogP contribution in [0.1, 0.15) is 0 Å². The van der Waals surface area contributed by atoms with Gasteiger partial charge in [0.1, 0.15) is 0 Å². The second kappa shape index (κ2) is 4.76. The Kier molecular flexibility index (Phi) is 3.37. The van der Waals surface area contributed by atoms with E-state index in [2.05, 4.69) is 10.3 Å². The van der Waals surface area contributed by atoms with Gasteiger partial charge in [0.25, 0.3) is 0 Å². The molecule has 5 heteroatoms. The van der Waals surface area contributed by atoms with Crippen LogP contribution in [0.5, 0.6) is 0 Å². The summed E-state index contributed by atoms with van der Waals surface area (Å²) in [6.45, 7) is 0. The third-order valence-corrected chi connectivity index (χ3v) is 1.33. The molecule has 0 bridgehead atoms. The molecule has 72 valence electrons. The van der Waals surface area contributed by atoms with Gasteiger partial charge in [-0.25, -0.2) is 4.79 Å². The Morgan fingerprint density at radius 2 is 1.93 bits per heavy atom. The third-order valence-electron chi connectivity index (χ3n) is 1.33. The number of carbonyl (C=O) groups excluding carboxylic acids is 1. The number of carboxylic acids is 1. The van der Waals surface area contributed by atoms with Crippen LogP contribution in [0.15, 0.2) is 36.7 Å². The van der Waals surface area contributed by atoms with Crippen molar-refractivity contribution in [2.45, 2.75) is 0 Å². The van der Waals surface area contributed by atoms with Gasteiger partial charge in [-0.3, -0.25) is 9.78 Å². The fourth-order valence-electron chi connectivity index (χ4n) is 0.766. The van der Waals surface area contributed by atoms with Crippen molar-refractivity contribution in [2.24, 2.45) is 0 Å². The fourth-order valence-corrected chi connectivity index (χ4v) is 0.766. The van der Waals surface area contributed by atoms with Crippen LogP contribution >= 0.6 is 0 Å². The van der Waals surface area contributed by atoms with Crippen molar-refractivity contribution in [1.82, 2.24) is 4.98 Å². The van der Waals surface area contributed by atoms with Crippen LogP contribution in [0.3, 0.4) is 0 Å². The smallest absolute Gasteiger partial charge is 0.328 e. The number of hydrogen-bond donors (Lipinski definition) is 2. The lowest BCUT2D eigenvalue weighted by Gasteiger charge is -1.99. The van der Waals surface area contributed by atoms with Gasteiger partial charge in [0, 0.05) is 30.2 Å². The molecule has 1 heterocycles. The minimum atomic E-state index is -1.16. The lowest BCUT2D eigenvalue weighted by molar-refractivity contribution is -0.131. The van der Waals surface area contributed by atoms with Gasteiger partial charge in [0.05, 0.1) is 0 Å². The van der Waals surface area contributed by atoms with Crippen LogP contribution in [-0.2, 0) is 9.59 Å². The number of nitrogens with zero attached hydrogens (tertiary/aromatic N) is 1. The van der Waals surface area contributed by atoms with Crippen LogP contribution < -0.4 is 5.32 Å². The van der Waals surface area contributed by atoms with E-state index in [4.69, 9.17) is 5.11 Å². The summed E-state index contributed by atoms with van der Waals surface area (Å²) in [5.74, 6) is -1.64. The number of aromatic nitrogens is 1. The van der Waals surface area contributed by atoms with Gasteiger partial charge in [-0.05, 0) is 12.1 Å². The summed E-state index contributed by atoms with van der Waals surface area (Å²) in [7, 11) is 0. The Bertz CT molecular complexity index is 360. The first-order valence-corrected chi connectivity index (χ1v) is 3.80. The molecule has 5 nitrogen and oxygen atoms in total. The van der Waals surface area contributed by atoms with E-state index in [0.29, 0.717) is 5.69 Å². The molecule has 0 unspecified atom stereocenters. The second-order valence-corrected chi connectivity index (χ2v) is 2.40. The van der Waals surface area contributed by atoms with Crippen LogP contribution in [0.25, 0.3) is 0 Å². The molecule has 0 aliphatic rings. The molecule has 0 saturated carbocycles. The van der Waals surface area contributed by atoms with Crippen molar-refractivity contribution < 1.29 is 14.7 Å². The highest BCUT2D eigenvalue weighted by Gasteiger charge is 1.97. The zero-order valence-corrected chi connectivity index (χ0v) is 7.18. The highest BCUT2D eigenvalue weighted by atomic mass is 16.4. The fraction of sp³-hybridized carbons (Fsp3) is 0. The molecule has 0 saturated heterocycles. The van der Waals surface area contributed by atoms with Crippen molar-refractivity contribution >= 4 is 17.6 Å². The Hall–Kier alpha value is -2.17. The molecular formula is C9H8N2O3. The van der Waals surface area contributed by atoms with Crippen molar-refractivity contribution in [3.8, 4) is 0 Å². The van der Waals surface area contributed by atoms with E-state index in [1.807, 2.05) is 0 Å². The zero-order chi connectivity index (χ0) is 10.4. The number of carboxylic acid groups (broad SMARTS) is 1. The molecule has 0 aliphatic carbocycles. The van der Waals surface area contributed by atoms with E-state index in [1.165, 1.54) is 12.4 Å². The van der Waals surface area contributed by atoms with Gasteiger partial charge in [-0.2, -0.15) is 0 Å². The number of anilines is 1. The van der Waals surface area contributed by atoms with E-state index in [9.17, 15) is 9.59 Å². The highest BCUT2D eigenvalue weighted by molar-refractivity contribution is 6.02. The molecule has 0 aliphatic heterocycles. The largest absolute Gasteiger partial charge is 0.478 e. The minimum Gasteiger partial charge on any atom is -0.478 e. The second-order valence-electron chi connectivity index (χ2n) is 2.40. The summed E-state index contributed by atoms with van der Waals surface area (Å²) in [6, 6.07) is 3.21. The van der Waals surface area contributed by atoms with E-state index in [0.717, 1.165) is 12.2 Å². The van der Waals surface area contributed by atoms with E-state index in [-0.39, 0.29) is 0 Å². The van der Waals surface area contributed by atoms with Gasteiger partial charge in [-0.15, -0.1) is 0 Å². The molecular weight excluding hydrogens is 184 g/mol. The Morgan fingerprint density at radius 3 is 2.50 bits per heavy atom. The summed E-state index contributed by atoms with van der Waals surface area (Å²) in [4.78, 5) is 24.9. The lowest BCUT2D eigenvalue weighted by atomic mass is 10.4. The Balaban J connectivity index is 2.54. The number of nitrogens with one attached hydrogen (secondary N) is 1. The number of carbonyl (C=O) groups is 2. The summed E-state index contributed by atoms with van der Waals surface area (Å²) in [5.41, 5.74) is 0.569. The standard InChI is InChI=1S/C9H8N2O3/c12-8(1-2-9(13)14)11-7-3-5-10-6-4-7/h1-6H,(H,13,14)(H,10,11,12)/b2-1-. The van der Waals surface area contributed by atoms with Gasteiger partial charge >= 0.3 is 5.97 Å². The normalized spacial score (nSPS) is 10.0. The maximum Gasteiger partial charge on any atom is 0.328 e. The van der Waals surface area contributed by atoms with Crippen molar-refractivity contribution in [3.63, 3.8) is 0 Å². The van der Waals surface area contributed by atoms with Crippen LogP contribution in [0, 0.1) is 0 Å². The molecule has 1 aromatic heterocycles. The number of pyridine rings is 1. The predicted octanol–water partition coefficient (Wildman–Crippen LogP) is 0.661. The maximum atomic E-state index is 11.0. The number of hydrogen-bond acceptors (Lipinski definition) is 3. The summed E-state index contributed by atoms with van der Waals surface area (Å²) in [5, 5.41) is 10.7. The third kappa shape index (κ3) is 3.48. The average molecular weight is 192 g/mol. The zero-order valence-electron chi connectivity index (χ0n) is 7.18. The van der Waals surface area contributed by atoms with Crippen molar-refractivity contribution in [2.75, 3.05) is 5.32 Å².